The van der Waals surface area contributed by atoms with E-state index in [2.05, 4.69) is 45.1 Å². The summed E-state index contributed by atoms with van der Waals surface area (Å²) >= 11 is 3.45. The highest BCUT2D eigenvalue weighted by molar-refractivity contribution is 9.10. The number of rotatable bonds is 2. The Morgan fingerprint density at radius 3 is 2.79 bits per heavy atom. The molecule has 0 radical (unpaired) electrons. The van der Waals surface area contributed by atoms with Gasteiger partial charge in [0.15, 0.2) is 0 Å². The first-order chi connectivity index (χ1) is 8.91. The minimum absolute atomic E-state index is 0.0640. The molecule has 0 spiro atoms. The fraction of sp³-hybridized carbons (Fsp3) is 0.692. The zero-order valence-electron chi connectivity index (χ0n) is 11.9. The maximum Gasteiger partial charge on any atom is 0.283 e. The van der Waals surface area contributed by atoms with Crippen molar-refractivity contribution in [2.75, 3.05) is 18.0 Å². The van der Waals surface area contributed by atoms with Crippen LogP contribution >= 0.6 is 15.9 Å². The monoisotopic (exact) mass is 328 g/mol. The maximum absolute atomic E-state index is 12.3. The Hall–Kier alpha value is -0.880. The van der Waals surface area contributed by atoms with Crippen LogP contribution in [0.5, 0.6) is 0 Å². The highest BCUT2D eigenvalue weighted by Crippen LogP contribution is 2.25. The molecule has 2 unspecified atom stereocenters. The van der Waals surface area contributed by atoms with Gasteiger partial charge in [0.05, 0.1) is 17.9 Å². The molecule has 6 heteroatoms. The van der Waals surface area contributed by atoms with Crippen LogP contribution in [-0.2, 0) is 0 Å². The topological polar surface area (TPSA) is 50.2 Å². The smallest absolute Gasteiger partial charge is 0.283 e. The molecule has 5 nitrogen and oxygen atoms in total. The zero-order valence-corrected chi connectivity index (χ0v) is 13.4. The van der Waals surface area contributed by atoms with Gasteiger partial charge in [-0.15, -0.1) is 0 Å². The number of aromatic nitrogens is 2. The van der Waals surface area contributed by atoms with Crippen LogP contribution in [0.25, 0.3) is 0 Å². The lowest BCUT2D eigenvalue weighted by atomic mass is 10.1. The second-order valence-corrected chi connectivity index (χ2v) is 6.29. The van der Waals surface area contributed by atoms with Gasteiger partial charge in [0.2, 0.25) is 0 Å². The summed E-state index contributed by atoms with van der Waals surface area (Å²) in [6, 6.07) is 0.830. The Kier molecular flexibility index (Phi) is 4.30. The molecule has 0 bridgehead atoms. The highest BCUT2D eigenvalue weighted by atomic mass is 79.9. The summed E-state index contributed by atoms with van der Waals surface area (Å²) in [5.74, 6) is 0. The minimum atomic E-state index is -0.0640. The van der Waals surface area contributed by atoms with Crippen molar-refractivity contribution in [3.63, 3.8) is 0 Å². The number of piperazine rings is 1. The zero-order chi connectivity index (χ0) is 14.2. The van der Waals surface area contributed by atoms with E-state index >= 15 is 0 Å². The molecule has 1 aliphatic rings. The van der Waals surface area contributed by atoms with Crippen molar-refractivity contribution in [1.82, 2.24) is 15.1 Å². The van der Waals surface area contributed by atoms with Gasteiger partial charge in [-0.05, 0) is 43.6 Å². The number of nitrogens with one attached hydrogen (secondary N) is 1. The second-order valence-electron chi connectivity index (χ2n) is 5.50. The summed E-state index contributed by atoms with van der Waals surface area (Å²) in [6.45, 7) is 10.0. The first-order valence-corrected chi connectivity index (χ1v) is 7.48. The van der Waals surface area contributed by atoms with Crippen molar-refractivity contribution in [1.29, 1.82) is 0 Å². The van der Waals surface area contributed by atoms with E-state index < -0.39 is 0 Å². The average molecular weight is 329 g/mol. The first-order valence-electron chi connectivity index (χ1n) is 6.69. The predicted octanol–water partition coefficient (Wildman–Crippen LogP) is 1.77. The SMILES string of the molecule is CC1CN(c2cnn(C(C)C)c(=O)c2Br)C(C)CN1. The number of anilines is 1. The Labute approximate surface area is 122 Å². The van der Waals surface area contributed by atoms with E-state index in [9.17, 15) is 4.79 Å². The molecule has 2 rings (SSSR count). The highest BCUT2D eigenvalue weighted by Gasteiger charge is 2.25. The molecule has 0 saturated carbocycles. The molecule has 1 saturated heterocycles. The number of nitrogens with zero attached hydrogens (tertiary/aromatic N) is 3. The molecule has 1 aromatic rings. The van der Waals surface area contributed by atoms with E-state index in [0.29, 0.717) is 16.6 Å². The van der Waals surface area contributed by atoms with Gasteiger partial charge in [-0.1, -0.05) is 0 Å². The van der Waals surface area contributed by atoms with Crippen molar-refractivity contribution in [2.24, 2.45) is 0 Å². The molecular formula is C13H21BrN4O. The number of halogens is 1. The van der Waals surface area contributed by atoms with Gasteiger partial charge in [0, 0.05) is 25.2 Å². The molecule has 0 amide bonds. The molecule has 1 aliphatic heterocycles. The van der Waals surface area contributed by atoms with Gasteiger partial charge >= 0.3 is 0 Å². The Morgan fingerprint density at radius 1 is 1.47 bits per heavy atom. The molecule has 19 heavy (non-hydrogen) atoms. The van der Waals surface area contributed by atoms with Gasteiger partial charge in [0.1, 0.15) is 4.47 Å². The van der Waals surface area contributed by atoms with E-state index in [1.165, 1.54) is 4.68 Å². The Morgan fingerprint density at radius 2 is 2.16 bits per heavy atom. The fourth-order valence-corrected chi connectivity index (χ4v) is 2.87. The molecule has 2 heterocycles. The lowest BCUT2D eigenvalue weighted by Crippen LogP contribution is -2.55. The van der Waals surface area contributed by atoms with E-state index in [-0.39, 0.29) is 11.6 Å². The van der Waals surface area contributed by atoms with Crippen LogP contribution in [0.4, 0.5) is 5.69 Å². The molecule has 1 N–H and O–H groups in total. The van der Waals surface area contributed by atoms with Crippen molar-refractivity contribution in [3.8, 4) is 0 Å². The van der Waals surface area contributed by atoms with Gasteiger partial charge in [-0.3, -0.25) is 4.79 Å². The predicted molar refractivity (Wildman–Crippen MR) is 80.9 cm³/mol. The van der Waals surface area contributed by atoms with Gasteiger partial charge in [0.25, 0.3) is 5.56 Å². The van der Waals surface area contributed by atoms with Crippen LogP contribution in [0, 0.1) is 0 Å². The normalized spacial score (nSPS) is 24.0. The Bertz CT molecular complexity index is 514. The Balaban J connectivity index is 2.40. The van der Waals surface area contributed by atoms with Crippen molar-refractivity contribution in [2.45, 2.75) is 45.8 Å². The quantitative estimate of drug-likeness (QED) is 0.899. The summed E-state index contributed by atoms with van der Waals surface area (Å²) < 4.78 is 2.11. The lowest BCUT2D eigenvalue weighted by molar-refractivity contribution is 0.422. The van der Waals surface area contributed by atoms with Crippen LogP contribution in [-0.4, -0.2) is 35.0 Å². The van der Waals surface area contributed by atoms with Crippen LogP contribution in [0.1, 0.15) is 33.7 Å². The van der Waals surface area contributed by atoms with E-state index in [4.69, 9.17) is 0 Å². The molecule has 0 aromatic carbocycles. The summed E-state index contributed by atoms with van der Waals surface area (Å²) in [6.07, 6.45) is 1.79. The first kappa shape index (κ1) is 14.5. The number of hydrogen-bond acceptors (Lipinski definition) is 4. The van der Waals surface area contributed by atoms with Crippen molar-refractivity contribution in [3.05, 3.63) is 21.0 Å². The third-order valence-electron chi connectivity index (χ3n) is 3.49. The molecular weight excluding hydrogens is 308 g/mol. The van der Waals surface area contributed by atoms with E-state index in [0.717, 1.165) is 18.8 Å². The average Bonchev–Trinajstić information content (AvgIpc) is 2.35. The van der Waals surface area contributed by atoms with Crippen LogP contribution in [0.3, 0.4) is 0 Å². The van der Waals surface area contributed by atoms with Gasteiger partial charge in [-0.25, -0.2) is 4.68 Å². The minimum Gasteiger partial charge on any atom is -0.364 e. The van der Waals surface area contributed by atoms with Crippen LogP contribution in [0.15, 0.2) is 15.5 Å². The molecule has 2 atom stereocenters. The summed E-state index contributed by atoms with van der Waals surface area (Å²) in [4.78, 5) is 14.5. The molecule has 0 aliphatic carbocycles. The third kappa shape index (κ3) is 2.84. The van der Waals surface area contributed by atoms with Gasteiger partial charge < -0.3 is 10.2 Å². The largest absolute Gasteiger partial charge is 0.364 e. The summed E-state index contributed by atoms with van der Waals surface area (Å²) in [5, 5.41) is 7.72. The van der Waals surface area contributed by atoms with Crippen molar-refractivity contribution < 1.29 is 0 Å². The van der Waals surface area contributed by atoms with E-state index in [1.54, 1.807) is 6.20 Å². The maximum atomic E-state index is 12.3. The van der Waals surface area contributed by atoms with Crippen LogP contribution in [0.2, 0.25) is 0 Å². The number of hydrogen-bond donors (Lipinski definition) is 1. The molecule has 1 aromatic heterocycles. The lowest BCUT2D eigenvalue weighted by Gasteiger charge is -2.39. The second kappa shape index (κ2) is 5.63. The molecule has 106 valence electrons. The standard InChI is InChI=1S/C13H21BrN4O/c1-8(2)18-13(19)12(14)11(6-16-18)17-7-9(3)15-5-10(17)4/h6,8-10,15H,5,7H2,1-4H3. The molecule has 1 fully saturated rings. The third-order valence-corrected chi connectivity index (χ3v) is 4.23. The van der Waals surface area contributed by atoms with Crippen LogP contribution < -0.4 is 15.8 Å². The summed E-state index contributed by atoms with van der Waals surface area (Å²) in [7, 11) is 0. The summed E-state index contributed by atoms with van der Waals surface area (Å²) in [5.41, 5.74) is 0.827. The van der Waals surface area contributed by atoms with E-state index in [1.807, 2.05) is 13.8 Å². The van der Waals surface area contributed by atoms with Gasteiger partial charge in [-0.2, -0.15) is 5.10 Å². The van der Waals surface area contributed by atoms with Crippen molar-refractivity contribution >= 4 is 21.6 Å². The fourth-order valence-electron chi connectivity index (χ4n) is 2.36.